The number of primary amides is 1. The first-order chi connectivity index (χ1) is 9.79. The maximum atomic E-state index is 12.0. The highest BCUT2D eigenvalue weighted by atomic mass is 32.1. The van der Waals surface area contributed by atoms with Crippen LogP contribution in [0.3, 0.4) is 0 Å². The van der Waals surface area contributed by atoms with E-state index >= 15 is 0 Å². The molecule has 1 rings (SSSR count). The van der Waals surface area contributed by atoms with E-state index in [0.29, 0.717) is 10.7 Å². The minimum atomic E-state index is -0.461. The first-order valence-corrected chi connectivity index (χ1v) is 6.92. The molecule has 1 aromatic carbocycles. The van der Waals surface area contributed by atoms with Crippen molar-refractivity contribution in [1.82, 2.24) is 4.90 Å². The van der Waals surface area contributed by atoms with Gasteiger partial charge in [-0.1, -0.05) is 12.2 Å². The first kappa shape index (κ1) is 17.1. The Labute approximate surface area is 129 Å². The fourth-order valence-corrected chi connectivity index (χ4v) is 1.86. The molecule has 0 unspecified atom stereocenters. The third-order valence-electron chi connectivity index (χ3n) is 2.89. The first-order valence-electron chi connectivity index (χ1n) is 6.51. The van der Waals surface area contributed by atoms with Crippen LogP contribution in [0, 0.1) is 0 Å². The summed E-state index contributed by atoms with van der Waals surface area (Å²) in [6.45, 7) is 3.93. The number of benzene rings is 1. The van der Waals surface area contributed by atoms with Crippen molar-refractivity contribution in [2.75, 3.05) is 18.4 Å². The molecule has 7 heteroatoms. The Hall–Kier alpha value is -1.99. The SMILES string of the molecule is CC(C)N(CC(N)=O)CC(=O)Nc1ccc(C(N)=S)cc1. The van der Waals surface area contributed by atoms with Gasteiger partial charge in [0.1, 0.15) is 4.99 Å². The summed E-state index contributed by atoms with van der Waals surface area (Å²) in [5, 5.41) is 2.75. The average Bonchev–Trinajstić information content (AvgIpc) is 2.37. The van der Waals surface area contributed by atoms with Gasteiger partial charge in [0.2, 0.25) is 11.8 Å². The van der Waals surface area contributed by atoms with E-state index < -0.39 is 5.91 Å². The van der Waals surface area contributed by atoms with Gasteiger partial charge in [0, 0.05) is 17.3 Å². The zero-order chi connectivity index (χ0) is 16.0. The van der Waals surface area contributed by atoms with Gasteiger partial charge in [-0.25, -0.2) is 0 Å². The van der Waals surface area contributed by atoms with Crippen molar-refractivity contribution >= 4 is 34.7 Å². The van der Waals surface area contributed by atoms with Crippen molar-refractivity contribution in [2.24, 2.45) is 11.5 Å². The minimum Gasteiger partial charge on any atom is -0.389 e. The van der Waals surface area contributed by atoms with Gasteiger partial charge >= 0.3 is 0 Å². The summed E-state index contributed by atoms with van der Waals surface area (Å²) in [4.78, 5) is 25.0. The highest BCUT2D eigenvalue weighted by molar-refractivity contribution is 7.80. The van der Waals surface area contributed by atoms with E-state index in [1.54, 1.807) is 29.2 Å². The van der Waals surface area contributed by atoms with Crippen molar-refractivity contribution < 1.29 is 9.59 Å². The lowest BCUT2D eigenvalue weighted by atomic mass is 10.2. The quantitative estimate of drug-likeness (QED) is 0.635. The van der Waals surface area contributed by atoms with Crippen LogP contribution in [0.25, 0.3) is 0 Å². The molecule has 5 N–H and O–H groups in total. The second kappa shape index (κ2) is 7.70. The number of carbonyl (C=O) groups excluding carboxylic acids is 2. The fourth-order valence-electron chi connectivity index (χ4n) is 1.72. The summed E-state index contributed by atoms with van der Waals surface area (Å²) in [6, 6.07) is 6.96. The molecule has 21 heavy (non-hydrogen) atoms. The second-order valence-electron chi connectivity index (χ2n) is 4.95. The predicted octanol–water partition coefficient (Wildman–Crippen LogP) is 0.455. The number of thiocarbonyl (C=S) groups is 1. The van der Waals surface area contributed by atoms with E-state index in [1.165, 1.54) is 0 Å². The maximum absolute atomic E-state index is 12.0. The summed E-state index contributed by atoms with van der Waals surface area (Å²) in [5.41, 5.74) is 12.1. The number of nitrogens with one attached hydrogen (secondary N) is 1. The van der Waals surface area contributed by atoms with Crippen LogP contribution in [0.5, 0.6) is 0 Å². The van der Waals surface area contributed by atoms with E-state index in [9.17, 15) is 9.59 Å². The molecule has 0 saturated carbocycles. The molecule has 0 aliphatic heterocycles. The Morgan fingerprint density at radius 3 is 2.19 bits per heavy atom. The molecule has 6 nitrogen and oxygen atoms in total. The van der Waals surface area contributed by atoms with Gasteiger partial charge in [0.05, 0.1) is 13.1 Å². The molecule has 0 radical (unpaired) electrons. The molecule has 0 aromatic heterocycles. The van der Waals surface area contributed by atoms with Crippen LogP contribution < -0.4 is 16.8 Å². The Bertz CT molecular complexity index is 528. The van der Waals surface area contributed by atoms with Crippen LogP contribution in [0.2, 0.25) is 0 Å². The molecule has 0 heterocycles. The summed E-state index contributed by atoms with van der Waals surface area (Å²) < 4.78 is 0. The van der Waals surface area contributed by atoms with Gasteiger partial charge in [-0.2, -0.15) is 0 Å². The number of hydrogen-bond acceptors (Lipinski definition) is 4. The Balaban J connectivity index is 2.63. The average molecular weight is 308 g/mol. The van der Waals surface area contributed by atoms with Gasteiger partial charge in [0.25, 0.3) is 0 Å². The molecule has 0 saturated heterocycles. The molecule has 0 aliphatic carbocycles. The van der Waals surface area contributed by atoms with Crippen molar-refractivity contribution in [1.29, 1.82) is 0 Å². The highest BCUT2D eigenvalue weighted by Crippen LogP contribution is 2.10. The lowest BCUT2D eigenvalue weighted by molar-refractivity contribution is -0.121. The zero-order valence-electron chi connectivity index (χ0n) is 12.1. The molecule has 114 valence electrons. The summed E-state index contributed by atoms with van der Waals surface area (Å²) in [7, 11) is 0. The van der Waals surface area contributed by atoms with E-state index in [1.807, 2.05) is 13.8 Å². The van der Waals surface area contributed by atoms with Crippen LogP contribution in [0.15, 0.2) is 24.3 Å². The Kier molecular flexibility index (Phi) is 6.26. The molecule has 2 amide bonds. The molecule has 1 aromatic rings. The zero-order valence-corrected chi connectivity index (χ0v) is 12.9. The fraction of sp³-hybridized carbons (Fsp3) is 0.357. The number of carbonyl (C=O) groups is 2. The van der Waals surface area contributed by atoms with Crippen molar-refractivity contribution in [3.63, 3.8) is 0 Å². The van der Waals surface area contributed by atoms with Crippen LogP contribution in [0.4, 0.5) is 5.69 Å². The van der Waals surface area contributed by atoms with Gasteiger partial charge in [-0.05, 0) is 38.1 Å². The smallest absolute Gasteiger partial charge is 0.238 e. The number of hydrogen-bond donors (Lipinski definition) is 3. The standard InChI is InChI=1S/C14H20N4O2S/c1-9(2)18(7-12(15)19)8-13(20)17-11-5-3-10(4-6-11)14(16)21/h3-6,9H,7-8H2,1-2H3,(H2,15,19)(H2,16,21)(H,17,20). The number of nitrogens with two attached hydrogens (primary N) is 2. The Morgan fingerprint density at radius 1 is 1.19 bits per heavy atom. The maximum Gasteiger partial charge on any atom is 0.238 e. The Morgan fingerprint density at radius 2 is 1.76 bits per heavy atom. The monoisotopic (exact) mass is 308 g/mol. The van der Waals surface area contributed by atoms with Crippen LogP contribution in [-0.4, -0.2) is 40.8 Å². The largest absolute Gasteiger partial charge is 0.389 e. The molecule has 0 spiro atoms. The summed E-state index contributed by atoms with van der Waals surface area (Å²) >= 11 is 4.86. The summed E-state index contributed by atoms with van der Waals surface area (Å²) in [6.07, 6.45) is 0. The minimum absolute atomic E-state index is 0.0419. The lowest BCUT2D eigenvalue weighted by Gasteiger charge is -2.24. The highest BCUT2D eigenvalue weighted by Gasteiger charge is 2.16. The van der Waals surface area contributed by atoms with Gasteiger partial charge in [0.15, 0.2) is 0 Å². The molecule has 0 atom stereocenters. The van der Waals surface area contributed by atoms with E-state index in [4.69, 9.17) is 23.7 Å². The van der Waals surface area contributed by atoms with Gasteiger partial charge in [-0.15, -0.1) is 0 Å². The summed E-state index contributed by atoms with van der Waals surface area (Å²) in [5.74, 6) is -0.676. The van der Waals surface area contributed by atoms with Crippen LogP contribution in [-0.2, 0) is 9.59 Å². The number of anilines is 1. The molecular formula is C14H20N4O2S. The predicted molar refractivity (Wildman–Crippen MR) is 86.9 cm³/mol. The number of rotatable bonds is 7. The molecule has 0 aliphatic rings. The molecule has 0 fully saturated rings. The third-order valence-corrected chi connectivity index (χ3v) is 3.12. The lowest BCUT2D eigenvalue weighted by Crippen LogP contribution is -2.43. The van der Waals surface area contributed by atoms with E-state index in [0.717, 1.165) is 5.56 Å². The molecular weight excluding hydrogens is 288 g/mol. The van der Waals surface area contributed by atoms with Gasteiger partial charge < -0.3 is 16.8 Å². The number of amides is 2. The molecule has 0 bridgehead atoms. The van der Waals surface area contributed by atoms with Crippen LogP contribution >= 0.6 is 12.2 Å². The van der Waals surface area contributed by atoms with E-state index in [2.05, 4.69) is 5.32 Å². The van der Waals surface area contributed by atoms with Crippen molar-refractivity contribution in [2.45, 2.75) is 19.9 Å². The van der Waals surface area contributed by atoms with Crippen molar-refractivity contribution in [3.8, 4) is 0 Å². The normalized spacial score (nSPS) is 10.7. The number of nitrogens with zero attached hydrogens (tertiary/aromatic N) is 1. The van der Waals surface area contributed by atoms with Crippen LogP contribution in [0.1, 0.15) is 19.4 Å². The van der Waals surface area contributed by atoms with Gasteiger partial charge in [-0.3, -0.25) is 14.5 Å². The second-order valence-corrected chi connectivity index (χ2v) is 5.39. The third kappa shape index (κ3) is 5.88. The van der Waals surface area contributed by atoms with E-state index in [-0.39, 0.29) is 25.0 Å². The topological polar surface area (TPSA) is 101 Å². The van der Waals surface area contributed by atoms with Crippen molar-refractivity contribution in [3.05, 3.63) is 29.8 Å².